The molecule has 3 amide bonds. The number of halogens is 3. The van der Waals surface area contributed by atoms with E-state index in [0.29, 0.717) is 26.3 Å². The predicted molar refractivity (Wildman–Crippen MR) is 109 cm³/mol. The molecule has 0 N–H and O–H groups in total. The van der Waals surface area contributed by atoms with Crippen LogP contribution in [-0.4, -0.2) is 96.4 Å². The number of rotatable bonds is 5. The van der Waals surface area contributed by atoms with Gasteiger partial charge in [0.05, 0.1) is 35.8 Å². The maximum Gasteiger partial charge on any atom is 0.417 e. The van der Waals surface area contributed by atoms with Crippen molar-refractivity contribution in [3.63, 3.8) is 0 Å². The fraction of sp³-hybridized carbons (Fsp3) is 0.550. The largest absolute Gasteiger partial charge is 0.417 e. The van der Waals surface area contributed by atoms with Crippen molar-refractivity contribution in [1.82, 2.24) is 14.7 Å². The Hall–Kier alpha value is -2.27. The molecule has 3 rings (SSSR count). The Morgan fingerprint density at radius 1 is 0.839 bits per heavy atom. The molecule has 2 saturated heterocycles. The molecule has 0 atom stereocenters. The highest BCUT2D eigenvalue weighted by molar-refractivity contribution is 8.00. The molecule has 11 heteroatoms. The lowest BCUT2D eigenvalue weighted by molar-refractivity contribution is -0.138. The summed E-state index contributed by atoms with van der Waals surface area (Å²) in [6, 6.07) is 4.71. The molecular formula is C20H24F3N3O4S. The summed E-state index contributed by atoms with van der Waals surface area (Å²) in [7, 11) is 0. The van der Waals surface area contributed by atoms with E-state index in [0.717, 1.165) is 6.07 Å². The molecule has 0 bridgehead atoms. The first kappa shape index (κ1) is 23.4. The van der Waals surface area contributed by atoms with Gasteiger partial charge in [0.25, 0.3) is 5.91 Å². The standard InChI is InChI=1S/C20H24F3N3O4S/c21-20(22,23)16-4-2-1-3-15(16)19(29)26-7-5-24(6-8-26)17(27)13-31-14-18(28)25-9-11-30-12-10-25/h1-4H,5-14H2. The Balaban J connectivity index is 1.45. The van der Waals surface area contributed by atoms with Gasteiger partial charge in [0, 0.05) is 39.3 Å². The van der Waals surface area contributed by atoms with Crippen LogP contribution in [0.3, 0.4) is 0 Å². The van der Waals surface area contributed by atoms with Gasteiger partial charge >= 0.3 is 6.18 Å². The topological polar surface area (TPSA) is 70.2 Å². The zero-order valence-corrected chi connectivity index (χ0v) is 17.7. The number of amides is 3. The second kappa shape index (κ2) is 10.4. The van der Waals surface area contributed by atoms with E-state index in [2.05, 4.69) is 0 Å². The highest BCUT2D eigenvalue weighted by Crippen LogP contribution is 2.32. The van der Waals surface area contributed by atoms with E-state index in [1.807, 2.05) is 0 Å². The van der Waals surface area contributed by atoms with Gasteiger partial charge in [0.2, 0.25) is 11.8 Å². The lowest BCUT2D eigenvalue weighted by Gasteiger charge is -2.35. The van der Waals surface area contributed by atoms with Gasteiger partial charge in [-0.3, -0.25) is 14.4 Å². The Kier molecular flexibility index (Phi) is 7.82. The molecule has 0 aromatic heterocycles. The molecule has 2 fully saturated rings. The molecule has 2 aliphatic rings. The lowest BCUT2D eigenvalue weighted by atomic mass is 10.1. The molecule has 170 valence electrons. The van der Waals surface area contributed by atoms with Crippen LogP contribution in [0.2, 0.25) is 0 Å². The Morgan fingerprint density at radius 3 is 1.94 bits per heavy atom. The molecular weight excluding hydrogens is 435 g/mol. The van der Waals surface area contributed by atoms with E-state index < -0.39 is 17.6 Å². The van der Waals surface area contributed by atoms with Crippen LogP contribution in [0.25, 0.3) is 0 Å². The van der Waals surface area contributed by atoms with Gasteiger partial charge in [-0.2, -0.15) is 13.2 Å². The van der Waals surface area contributed by atoms with Crippen molar-refractivity contribution < 1.29 is 32.3 Å². The van der Waals surface area contributed by atoms with Crippen LogP contribution in [-0.2, 0) is 20.5 Å². The first-order valence-electron chi connectivity index (χ1n) is 9.94. The lowest BCUT2D eigenvalue weighted by Crippen LogP contribution is -2.51. The number of carbonyl (C=O) groups excluding carboxylic acids is 3. The third-order valence-corrected chi connectivity index (χ3v) is 6.10. The number of piperazine rings is 1. The van der Waals surface area contributed by atoms with Gasteiger partial charge < -0.3 is 19.4 Å². The Bertz CT molecular complexity index is 807. The van der Waals surface area contributed by atoms with Crippen LogP contribution < -0.4 is 0 Å². The summed E-state index contributed by atoms with van der Waals surface area (Å²) in [6.07, 6.45) is -4.61. The van der Waals surface area contributed by atoms with Gasteiger partial charge in [-0.1, -0.05) is 12.1 Å². The molecule has 31 heavy (non-hydrogen) atoms. The van der Waals surface area contributed by atoms with Crippen molar-refractivity contribution >= 4 is 29.5 Å². The molecule has 2 heterocycles. The first-order valence-corrected chi connectivity index (χ1v) is 11.1. The minimum atomic E-state index is -4.61. The number of thioether (sulfide) groups is 1. The average Bonchev–Trinajstić information content (AvgIpc) is 2.78. The average molecular weight is 459 g/mol. The Morgan fingerprint density at radius 2 is 1.35 bits per heavy atom. The van der Waals surface area contributed by atoms with Crippen LogP contribution in [0.4, 0.5) is 13.2 Å². The molecule has 0 aliphatic carbocycles. The quantitative estimate of drug-likeness (QED) is 0.669. The van der Waals surface area contributed by atoms with Crippen LogP contribution in [0.1, 0.15) is 15.9 Å². The highest BCUT2D eigenvalue weighted by Gasteiger charge is 2.36. The predicted octanol–water partition coefficient (Wildman–Crippen LogP) is 1.58. The van der Waals surface area contributed by atoms with Gasteiger partial charge in [-0.05, 0) is 12.1 Å². The fourth-order valence-electron chi connectivity index (χ4n) is 3.47. The van der Waals surface area contributed by atoms with Gasteiger partial charge in [-0.15, -0.1) is 11.8 Å². The summed E-state index contributed by atoms with van der Waals surface area (Å²) in [5.41, 5.74) is -1.34. The maximum absolute atomic E-state index is 13.2. The van der Waals surface area contributed by atoms with Gasteiger partial charge in [-0.25, -0.2) is 0 Å². The summed E-state index contributed by atoms with van der Waals surface area (Å²) in [4.78, 5) is 41.7. The zero-order valence-electron chi connectivity index (χ0n) is 16.9. The second-order valence-electron chi connectivity index (χ2n) is 7.20. The molecule has 0 saturated carbocycles. The minimum absolute atomic E-state index is 0.0279. The zero-order chi connectivity index (χ0) is 22.4. The number of hydrogen-bond donors (Lipinski definition) is 0. The van der Waals surface area contributed by atoms with Crippen molar-refractivity contribution in [3.05, 3.63) is 35.4 Å². The third kappa shape index (κ3) is 6.13. The third-order valence-electron chi connectivity index (χ3n) is 5.20. The second-order valence-corrected chi connectivity index (χ2v) is 8.19. The van der Waals surface area contributed by atoms with Crippen LogP contribution in [0, 0.1) is 0 Å². The van der Waals surface area contributed by atoms with E-state index in [9.17, 15) is 27.6 Å². The molecule has 1 aromatic carbocycles. The SMILES string of the molecule is O=C(CSCC(=O)N1CCN(C(=O)c2ccccc2C(F)(F)F)CC1)N1CCOCC1. The van der Waals surface area contributed by atoms with Crippen molar-refractivity contribution in [2.45, 2.75) is 6.18 Å². The maximum atomic E-state index is 13.2. The van der Waals surface area contributed by atoms with Crippen molar-refractivity contribution in [3.8, 4) is 0 Å². The number of ether oxygens (including phenoxy) is 1. The number of nitrogens with zero attached hydrogens (tertiary/aromatic N) is 3. The summed E-state index contributed by atoms with van der Waals surface area (Å²) >= 11 is 1.24. The van der Waals surface area contributed by atoms with Crippen LogP contribution >= 0.6 is 11.8 Å². The first-order chi connectivity index (χ1) is 14.8. The van der Waals surface area contributed by atoms with Gasteiger partial charge in [0.15, 0.2) is 0 Å². The van der Waals surface area contributed by atoms with Crippen molar-refractivity contribution in [2.75, 3.05) is 64.0 Å². The van der Waals surface area contributed by atoms with Gasteiger partial charge in [0.1, 0.15) is 0 Å². The molecule has 0 unspecified atom stereocenters. The highest BCUT2D eigenvalue weighted by atomic mass is 32.2. The van der Waals surface area contributed by atoms with Crippen LogP contribution in [0.5, 0.6) is 0 Å². The van der Waals surface area contributed by atoms with Crippen molar-refractivity contribution in [2.24, 2.45) is 0 Å². The number of morpholine rings is 1. The summed E-state index contributed by atoms with van der Waals surface area (Å²) in [5, 5.41) is 0. The Labute approximate surface area is 182 Å². The van der Waals surface area contributed by atoms with Crippen molar-refractivity contribution in [1.29, 1.82) is 0 Å². The number of alkyl halides is 3. The van der Waals surface area contributed by atoms with Crippen LogP contribution in [0.15, 0.2) is 24.3 Å². The minimum Gasteiger partial charge on any atom is -0.378 e. The van der Waals surface area contributed by atoms with E-state index >= 15 is 0 Å². The normalized spacial score (nSPS) is 17.6. The number of carbonyl (C=O) groups is 3. The number of benzene rings is 1. The smallest absolute Gasteiger partial charge is 0.378 e. The number of hydrogen-bond acceptors (Lipinski definition) is 5. The monoisotopic (exact) mass is 459 g/mol. The molecule has 0 radical (unpaired) electrons. The summed E-state index contributed by atoms with van der Waals surface area (Å²) in [6.45, 7) is 2.97. The molecule has 1 aromatic rings. The fourth-order valence-corrected chi connectivity index (χ4v) is 4.28. The molecule has 0 spiro atoms. The van der Waals surface area contributed by atoms with E-state index in [-0.39, 0.29) is 55.1 Å². The van der Waals surface area contributed by atoms with E-state index in [1.165, 1.54) is 34.9 Å². The summed E-state index contributed by atoms with van der Waals surface area (Å²) in [5.74, 6) is -0.521. The van der Waals surface area contributed by atoms with E-state index in [4.69, 9.17) is 4.74 Å². The molecule has 2 aliphatic heterocycles. The molecule has 7 nitrogen and oxygen atoms in total. The summed E-state index contributed by atoms with van der Waals surface area (Å²) < 4.78 is 44.7. The van der Waals surface area contributed by atoms with E-state index in [1.54, 1.807) is 9.80 Å².